The molecule has 0 aromatic carbocycles. The van der Waals surface area contributed by atoms with Gasteiger partial charge in [0.15, 0.2) is 0 Å². The maximum absolute atomic E-state index is 8.66. The minimum Gasteiger partial charge on any atom is -0.396 e. The smallest absolute Gasteiger partial charge is 0.0531 e. The molecule has 0 aliphatic rings. The Morgan fingerprint density at radius 1 is 1.00 bits per heavy atom. The van der Waals surface area contributed by atoms with Crippen LogP contribution < -0.4 is 0 Å². The van der Waals surface area contributed by atoms with Crippen LogP contribution in [0, 0.1) is 5.41 Å². The first-order chi connectivity index (χ1) is 4.24. The van der Waals surface area contributed by atoms with Crippen molar-refractivity contribution < 1.29 is 15.3 Å². The zero-order chi connectivity index (χ0) is 7.33. The Morgan fingerprint density at radius 2 is 1.30 bits per heavy atom. The van der Waals surface area contributed by atoms with Crippen LogP contribution >= 0.6 is 0 Å². The van der Waals surface area contributed by atoms with Crippen LogP contribution in [0.15, 0.2) is 0 Å². The highest BCUT2D eigenvalue weighted by atomic mass is 28.1. The predicted octanol–water partition coefficient (Wildman–Crippen LogP) is -1.02. The molecule has 4 heteroatoms. The molecule has 3 N–H and O–H groups in total. The van der Waals surface area contributed by atoms with E-state index in [1.807, 2.05) is 6.92 Å². The quantitative estimate of drug-likeness (QED) is 0.464. The van der Waals surface area contributed by atoms with E-state index in [1.165, 1.54) is 0 Å². The van der Waals surface area contributed by atoms with E-state index in [1.54, 1.807) is 0 Å². The molecule has 0 amide bonds. The first-order valence-corrected chi connectivity index (χ1v) is 3.07. The second kappa shape index (κ2) is 5.85. The molecular formula is C6H14O3Si. The zero-order valence-corrected chi connectivity index (χ0v) is 7.17. The van der Waals surface area contributed by atoms with Gasteiger partial charge in [-0.3, -0.25) is 0 Å². The van der Waals surface area contributed by atoms with Crippen LogP contribution in [-0.2, 0) is 0 Å². The van der Waals surface area contributed by atoms with Crippen molar-refractivity contribution in [3.63, 3.8) is 0 Å². The van der Waals surface area contributed by atoms with E-state index in [9.17, 15) is 0 Å². The first-order valence-electron chi connectivity index (χ1n) is 3.07. The maximum Gasteiger partial charge on any atom is 0.0531 e. The summed E-state index contributed by atoms with van der Waals surface area (Å²) in [5, 5.41) is 26.0. The van der Waals surface area contributed by atoms with Gasteiger partial charge >= 0.3 is 0 Å². The Morgan fingerprint density at radius 3 is 1.30 bits per heavy atom. The van der Waals surface area contributed by atoms with E-state index >= 15 is 0 Å². The first kappa shape index (κ1) is 12.7. The van der Waals surface area contributed by atoms with Crippen molar-refractivity contribution in [1.29, 1.82) is 0 Å². The largest absolute Gasteiger partial charge is 0.396 e. The average Bonchev–Trinajstić information content (AvgIpc) is 1.95. The van der Waals surface area contributed by atoms with Gasteiger partial charge in [-0.25, -0.2) is 0 Å². The number of rotatable bonds is 4. The van der Waals surface area contributed by atoms with Gasteiger partial charge in [-0.15, -0.1) is 0 Å². The molecule has 0 unspecified atom stereocenters. The Balaban J connectivity index is 0. The van der Waals surface area contributed by atoms with E-state index in [0.29, 0.717) is 6.42 Å². The lowest BCUT2D eigenvalue weighted by molar-refractivity contribution is 0.00304. The molecule has 0 saturated carbocycles. The number of hydrogen-bond donors (Lipinski definition) is 3. The summed E-state index contributed by atoms with van der Waals surface area (Å²) in [4.78, 5) is 0. The van der Waals surface area contributed by atoms with Gasteiger partial charge in [0.1, 0.15) is 0 Å². The van der Waals surface area contributed by atoms with Crippen molar-refractivity contribution in [3.05, 3.63) is 0 Å². The van der Waals surface area contributed by atoms with Crippen molar-refractivity contribution in [1.82, 2.24) is 0 Å². The topological polar surface area (TPSA) is 60.7 Å². The van der Waals surface area contributed by atoms with Crippen LogP contribution in [0.3, 0.4) is 0 Å². The van der Waals surface area contributed by atoms with Crippen LogP contribution in [0.2, 0.25) is 0 Å². The molecule has 0 rings (SSSR count). The summed E-state index contributed by atoms with van der Waals surface area (Å²) in [6.45, 7) is 1.35. The molecule has 0 heterocycles. The molecule has 0 aliphatic carbocycles. The standard InChI is InChI=1S/C6H14O3.Si/c1-2-6(3-7,4-8)5-9;/h7-9H,2-5H2,1H3;. The van der Waals surface area contributed by atoms with E-state index in [2.05, 4.69) is 0 Å². The summed E-state index contributed by atoms with van der Waals surface area (Å²) in [5.74, 6) is 0. The van der Waals surface area contributed by atoms with Gasteiger partial charge in [0.25, 0.3) is 0 Å². The SMILES string of the molecule is CCC(CO)(CO)CO.[Si]. The fraction of sp³-hybridized carbons (Fsp3) is 1.00. The molecule has 60 valence electrons. The summed E-state index contributed by atoms with van der Waals surface area (Å²) < 4.78 is 0. The lowest BCUT2D eigenvalue weighted by Gasteiger charge is -2.24. The van der Waals surface area contributed by atoms with Crippen LogP contribution in [0.5, 0.6) is 0 Å². The van der Waals surface area contributed by atoms with Crippen LogP contribution in [0.1, 0.15) is 13.3 Å². The van der Waals surface area contributed by atoms with Gasteiger partial charge in [-0.2, -0.15) is 0 Å². The van der Waals surface area contributed by atoms with Gasteiger partial charge in [0.2, 0.25) is 0 Å². The fourth-order valence-electron chi connectivity index (χ4n) is 0.485. The summed E-state index contributed by atoms with van der Waals surface area (Å²) >= 11 is 0. The van der Waals surface area contributed by atoms with Crippen LogP contribution in [0.4, 0.5) is 0 Å². The van der Waals surface area contributed by atoms with Crippen molar-refractivity contribution in [2.75, 3.05) is 19.8 Å². The Hall–Kier alpha value is 0.0969. The van der Waals surface area contributed by atoms with E-state index in [-0.39, 0.29) is 30.8 Å². The molecule has 10 heavy (non-hydrogen) atoms. The zero-order valence-electron chi connectivity index (χ0n) is 6.17. The number of hydrogen-bond acceptors (Lipinski definition) is 3. The average molecular weight is 162 g/mol. The second-order valence-electron chi connectivity index (χ2n) is 2.33. The fourth-order valence-corrected chi connectivity index (χ4v) is 0.485. The molecule has 0 aliphatic heterocycles. The predicted molar refractivity (Wildman–Crippen MR) is 39.7 cm³/mol. The highest BCUT2D eigenvalue weighted by Gasteiger charge is 2.24. The molecule has 0 spiro atoms. The normalized spacial score (nSPS) is 10.8. The summed E-state index contributed by atoms with van der Waals surface area (Å²) in [7, 11) is 0. The number of aliphatic hydroxyl groups is 3. The Labute approximate surface area is 65.7 Å². The van der Waals surface area contributed by atoms with Crippen molar-refractivity contribution in [2.45, 2.75) is 13.3 Å². The van der Waals surface area contributed by atoms with E-state index < -0.39 is 5.41 Å². The van der Waals surface area contributed by atoms with E-state index in [0.717, 1.165) is 0 Å². The third kappa shape index (κ3) is 2.79. The van der Waals surface area contributed by atoms with Gasteiger partial charge in [0, 0.05) is 16.4 Å². The molecule has 0 bridgehead atoms. The molecule has 0 fully saturated rings. The third-order valence-corrected chi connectivity index (χ3v) is 1.76. The summed E-state index contributed by atoms with van der Waals surface area (Å²) in [5.41, 5.74) is -0.667. The molecule has 3 nitrogen and oxygen atoms in total. The van der Waals surface area contributed by atoms with E-state index in [4.69, 9.17) is 15.3 Å². The summed E-state index contributed by atoms with van der Waals surface area (Å²) in [6.07, 6.45) is 0.594. The van der Waals surface area contributed by atoms with Crippen molar-refractivity contribution >= 4 is 11.0 Å². The van der Waals surface area contributed by atoms with Gasteiger partial charge < -0.3 is 15.3 Å². The number of aliphatic hydroxyl groups excluding tert-OH is 3. The lowest BCUT2D eigenvalue weighted by Crippen LogP contribution is -2.32. The second-order valence-corrected chi connectivity index (χ2v) is 2.33. The van der Waals surface area contributed by atoms with Gasteiger partial charge in [-0.1, -0.05) is 6.92 Å². The molecule has 0 aromatic rings. The molecule has 0 atom stereocenters. The minimum absolute atomic E-state index is 0. The highest BCUT2D eigenvalue weighted by Crippen LogP contribution is 2.18. The maximum atomic E-state index is 8.66. The van der Waals surface area contributed by atoms with Crippen molar-refractivity contribution in [2.24, 2.45) is 5.41 Å². The minimum atomic E-state index is -0.667. The Kier molecular flexibility index (Phi) is 7.46. The van der Waals surface area contributed by atoms with Gasteiger partial charge in [0.05, 0.1) is 19.8 Å². The van der Waals surface area contributed by atoms with Gasteiger partial charge in [-0.05, 0) is 6.42 Å². The summed E-state index contributed by atoms with van der Waals surface area (Å²) in [6, 6.07) is 0. The van der Waals surface area contributed by atoms with Crippen LogP contribution in [0.25, 0.3) is 0 Å². The molecule has 0 aromatic heterocycles. The molecular weight excluding hydrogens is 148 g/mol. The van der Waals surface area contributed by atoms with Crippen molar-refractivity contribution in [3.8, 4) is 0 Å². The third-order valence-electron chi connectivity index (χ3n) is 1.76. The lowest BCUT2D eigenvalue weighted by atomic mass is 9.88. The Bertz CT molecular complexity index is 55.9. The molecule has 0 saturated heterocycles. The highest BCUT2D eigenvalue weighted by molar-refractivity contribution is 5.75. The monoisotopic (exact) mass is 162 g/mol. The molecule has 4 radical (unpaired) electrons. The van der Waals surface area contributed by atoms with Crippen LogP contribution in [-0.4, -0.2) is 46.1 Å².